The van der Waals surface area contributed by atoms with Gasteiger partial charge in [0.05, 0.1) is 5.56 Å². The summed E-state index contributed by atoms with van der Waals surface area (Å²) in [4.78, 5) is 6.26. The third-order valence-electron chi connectivity index (χ3n) is 3.74. The minimum atomic E-state index is -4.43. The first-order chi connectivity index (χ1) is 9.79. The molecule has 0 radical (unpaired) electrons. The molecule has 1 aliphatic rings. The van der Waals surface area contributed by atoms with Crippen LogP contribution in [0.15, 0.2) is 12.1 Å². The number of nitrogens with zero attached hydrogens (tertiary/aromatic N) is 2. The molecule has 2 unspecified atom stereocenters. The number of anilines is 2. The predicted octanol–water partition coefficient (Wildman–Crippen LogP) is 2.14. The van der Waals surface area contributed by atoms with E-state index in [9.17, 15) is 13.2 Å². The van der Waals surface area contributed by atoms with Crippen molar-refractivity contribution in [2.75, 3.05) is 30.9 Å². The number of halogens is 3. The van der Waals surface area contributed by atoms with Crippen molar-refractivity contribution in [3.63, 3.8) is 0 Å². The van der Waals surface area contributed by atoms with Gasteiger partial charge in [-0.25, -0.2) is 10.8 Å². The van der Waals surface area contributed by atoms with E-state index in [1.54, 1.807) is 0 Å². The summed E-state index contributed by atoms with van der Waals surface area (Å²) in [6.07, 6.45) is -3.57. The quantitative estimate of drug-likeness (QED) is 0.590. The van der Waals surface area contributed by atoms with Crippen LogP contribution in [-0.4, -0.2) is 36.1 Å². The normalized spacial score (nSPS) is 23.9. The van der Waals surface area contributed by atoms with Gasteiger partial charge in [-0.05, 0) is 38.1 Å². The van der Waals surface area contributed by atoms with Gasteiger partial charge in [0.15, 0.2) is 0 Å². The average Bonchev–Trinajstić information content (AvgIpc) is 2.40. The van der Waals surface area contributed by atoms with Crippen molar-refractivity contribution >= 4 is 11.6 Å². The molecule has 1 aliphatic heterocycles. The van der Waals surface area contributed by atoms with Crippen molar-refractivity contribution in [2.45, 2.75) is 25.6 Å². The highest BCUT2D eigenvalue weighted by atomic mass is 19.4. The first kappa shape index (κ1) is 15.8. The summed E-state index contributed by atoms with van der Waals surface area (Å²) >= 11 is 0. The Balaban J connectivity index is 2.19. The molecule has 1 aromatic heterocycles. The van der Waals surface area contributed by atoms with E-state index in [0.29, 0.717) is 5.92 Å². The third-order valence-corrected chi connectivity index (χ3v) is 3.74. The fourth-order valence-corrected chi connectivity index (χ4v) is 2.60. The number of nitrogens with one attached hydrogen (secondary N) is 2. The van der Waals surface area contributed by atoms with Crippen molar-refractivity contribution < 1.29 is 13.2 Å². The molecule has 0 spiro atoms. The number of pyridine rings is 1. The van der Waals surface area contributed by atoms with Gasteiger partial charge in [-0.2, -0.15) is 13.2 Å². The Morgan fingerprint density at radius 3 is 2.57 bits per heavy atom. The second kappa shape index (κ2) is 6.07. The Morgan fingerprint density at radius 2 is 2.00 bits per heavy atom. The van der Waals surface area contributed by atoms with Gasteiger partial charge in [-0.1, -0.05) is 6.92 Å². The molecule has 0 aromatic carbocycles. The van der Waals surface area contributed by atoms with Gasteiger partial charge < -0.3 is 15.6 Å². The first-order valence-corrected chi connectivity index (χ1v) is 6.80. The Labute approximate surface area is 121 Å². The third kappa shape index (κ3) is 3.98. The van der Waals surface area contributed by atoms with E-state index in [4.69, 9.17) is 5.84 Å². The molecule has 0 aliphatic carbocycles. The summed E-state index contributed by atoms with van der Waals surface area (Å²) in [5.41, 5.74) is 1.41. The zero-order valence-electron chi connectivity index (χ0n) is 12.0. The lowest BCUT2D eigenvalue weighted by molar-refractivity contribution is -0.137. The maximum atomic E-state index is 12.9. The molecule has 5 nitrogen and oxygen atoms in total. The van der Waals surface area contributed by atoms with E-state index >= 15 is 0 Å². The first-order valence-electron chi connectivity index (χ1n) is 6.80. The SMILES string of the molecule is CC1CN(C)CCC1Nc1cc(C(F)(F)F)cc(NN)n1. The van der Waals surface area contributed by atoms with Crippen LogP contribution in [0.5, 0.6) is 0 Å². The number of nitrogens with two attached hydrogens (primary N) is 1. The lowest BCUT2D eigenvalue weighted by Gasteiger charge is -2.35. The summed E-state index contributed by atoms with van der Waals surface area (Å²) in [5.74, 6) is 5.71. The Morgan fingerprint density at radius 1 is 1.33 bits per heavy atom. The molecule has 2 heterocycles. The van der Waals surface area contributed by atoms with Crippen molar-refractivity contribution in [3.8, 4) is 0 Å². The van der Waals surface area contributed by atoms with Crippen LogP contribution in [0.1, 0.15) is 18.9 Å². The van der Waals surface area contributed by atoms with Gasteiger partial charge in [0, 0.05) is 12.6 Å². The fraction of sp³-hybridized carbons (Fsp3) is 0.615. The minimum Gasteiger partial charge on any atom is -0.367 e. The second-order valence-electron chi connectivity index (χ2n) is 5.55. The number of hydrazine groups is 1. The summed E-state index contributed by atoms with van der Waals surface area (Å²) in [7, 11) is 2.03. The van der Waals surface area contributed by atoms with Gasteiger partial charge in [0.25, 0.3) is 0 Å². The molecule has 2 rings (SSSR count). The van der Waals surface area contributed by atoms with Crippen LogP contribution < -0.4 is 16.6 Å². The van der Waals surface area contributed by atoms with E-state index in [2.05, 4.69) is 27.6 Å². The van der Waals surface area contributed by atoms with E-state index in [1.165, 1.54) is 0 Å². The maximum Gasteiger partial charge on any atom is 0.416 e. The fourth-order valence-electron chi connectivity index (χ4n) is 2.60. The van der Waals surface area contributed by atoms with Crippen LogP contribution in [0.2, 0.25) is 0 Å². The van der Waals surface area contributed by atoms with Crippen molar-refractivity contribution in [1.29, 1.82) is 0 Å². The second-order valence-corrected chi connectivity index (χ2v) is 5.55. The molecule has 118 valence electrons. The molecule has 1 saturated heterocycles. The van der Waals surface area contributed by atoms with E-state index in [0.717, 1.165) is 31.6 Å². The molecule has 4 N–H and O–H groups in total. The molecule has 0 bridgehead atoms. The highest BCUT2D eigenvalue weighted by molar-refractivity contribution is 5.49. The van der Waals surface area contributed by atoms with Crippen LogP contribution in [0, 0.1) is 5.92 Å². The zero-order chi connectivity index (χ0) is 15.6. The number of alkyl halides is 3. The number of likely N-dealkylation sites (tertiary alicyclic amines) is 1. The zero-order valence-corrected chi connectivity index (χ0v) is 12.0. The van der Waals surface area contributed by atoms with Crippen molar-refractivity contribution in [2.24, 2.45) is 11.8 Å². The van der Waals surface area contributed by atoms with Crippen molar-refractivity contribution in [1.82, 2.24) is 9.88 Å². The van der Waals surface area contributed by atoms with E-state index in [1.807, 2.05) is 7.05 Å². The summed E-state index contributed by atoms with van der Waals surface area (Å²) in [6.45, 7) is 3.88. The highest BCUT2D eigenvalue weighted by Crippen LogP contribution is 2.32. The topological polar surface area (TPSA) is 66.2 Å². The lowest BCUT2D eigenvalue weighted by atomic mass is 9.94. The van der Waals surface area contributed by atoms with Crippen LogP contribution in [0.25, 0.3) is 0 Å². The smallest absolute Gasteiger partial charge is 0.367 e. The molecule has 8 heteroatoms. The van der Waals surface area contributed by atoms with Gasteiger partial charge in [0.2, 0.25) is 0 Å². The summed E-state index contributed by atoms with van der Waals surface area (Å²) in [6, 6.07) is 2.01. The minimum absolute atomic E-state index is 0.00657. The van der Waals surface area contributed by atoms with Gasteiger partial charge in [-0.15, -0.1) is 0 Å². The Kier molecular flexibility index (Phi) is 4.58. The standard InChI is InChI=1S/C13H20F3N5/c1-8-7-21(2)4-3-10(8)18-11-5-9(13(14,15)16)6-12(19-11)20-17/h5-6,8,10H,3-4,7,17H2,1-2H3,(H2,18,19,20). The summed E-state index contributed by atoms with van der Waals surface area (Å²) < 4.78 is 38.6. The molecule has 0 amide bonds. The largest absolute Gasteiger partial charge is 0.416 e. The number of aromatic nitrogens is 1. The molecule has 1 fully saturated rings. The highest BCUT2D eigenvalue weighted by Gasteiger charge is 2.32. The Hall–Kier alpha value is -1.54. The molecular formula is C13H20F3N5. The number of rotatable bonds is 3. The molecular weight excluding hydrogens is 283 g/mol. The van der Waals surface area contributed by atoms with Crippen LogP contribution >= 0.6 is 0 Å². The molecule has 1 aromatic rings. The van der Waals surface area contributed by atoms with Gasteiger partial charge in [0.1, 0.15) is 11.6 Å². The van der Waals surface area contributed by atoms with Gasteiger partial charge in [-0.3, -0.25) is 0 Å². The average molecular weight is 303 g/mol. The number of hydrogen-bond donors (Lipinski definition) is 3. The van der Waals surface area contributed by atoms with Crippen LogP contribution in [0.4, 0.5) is 24.8 Å². The summed E-state index contributed by atoms with van der Waals surface area (Å²) in [5, 5.41) is 3.11. The van der Waals surface area contributed by atoms with E-state index < -0.39 is 11.7 Å². The predicted molar refractivity (Wildman–Crippen MR) is 75.7 cm³/mol. The maximum absolute atomic E-state index is 12.9. The van der Waals surface area contributed by atoms with Crippen LogP contribution in [0.3, 0.4) is 0 Å². The molecule has 21 heavy (non-hydrogen) atoms. The number of hydrogen-bond acceptors (Lipinski definition) is 5. The van der Waals surface area contributed by atoms with Crippen LogP contribution in [-0.2, 0) is 6.18 Å². The van der Waals surface area contributed by atoms with Gasteiger partial charge >= 0.3 is 6.18 Å². The molecule has 2 atom stereocenters. The molecule has 0 saturated carbocycles. The Bertz CT molecular complexity index is 491. The number of piperidine rings is 1. The van der Waals surface area contributed by atoms with E-state index in [-0.39, 0.29) is 17.7 Å². The number of nitrogen functional groups attached to an aromatic ring is 1. The van der Waals surface area contributed by atoms with Crippen molar-refractivity contribution in [3.05, 3.63) is 17.7 Å². The lowest BCUT2D eigenvalue weighted by Crippen LogP contribution is -2.43. The monoisotopic (exact) mass is 303 g/mol.